The topological polar surface area (TPSA) is 17.1 Å². The molecule has 0 heterocycles. The van der Waals surface area contributed by atoms with Crippen LogP contribution in [0.5, 0.6) is 0 Å². The van der Waals surface area contributed by atoms with Crippen molar-refractivity contribution in [1.29, 1.82) is 0 Å². The van der Waals surface area contributed by atoms with Crippen molar-refractivity contribution in [2.75, 3.05) is 0 Å². The van der Waals surface area contributed by atoms with Gasteiger partial charge in [0, 0.05) is 6.42 Å². The van der Waals surface area contributed by atoms with E-state index in [1.54, 1.807) is 5.57 Å². The van der Waals surface area contributed by atoms with Crippen LogP contribution in [-0.2, 0) is 4.79 Å². The van der Waals surface area contributed by atoms with Crippen LogP contribution in [0.2, 0.25) is 0 Å². The van der Waals surface area contributed by atoms with Crippen molar-refractivity contribution < 1.29 is 4.79 Å². The molecule has 3 fully saturated rings. The van der Waals surface area contributed by atoms with Crippen LogP contribution in [0, 0.1) is 40.4 Å². The Kier molecular flexibility index (Phi) is 5.43. The fourth-order valence-corrected chi connectivity index (χ4v) is 8.09. The molecule has 0 spiro atoms. The Morgan fingerprint density at radius 1 is 1.11 bits per heavy atom. The summed E-state index contributed by atoms with van der Waals surface area (Å²) >= 11 is 0. The molecule has 0 bridgehead atoms. The van der Waals surface area contributed by atoms with E-state index in [0.29, 0.717) is 16.6 Å². The molecule has 0 unspecified atom stereocenters. The zero-order valence-corrected chi connectivity index (χ0v) is 19.0. The van der Waals surface area contributed by atoms with Gasteiger partial charge in [0.05, 0.1) is 0 Å². The average Bonchev–Trinajstić information content (AvgIpc) is 2.99. The maximum Gasteiger partial charge on any atom is 0.155 e. The summed E-state index contributed by atoms with van der Waals surface area (Å²) < 4.78 is 0. The third-order valence-corrected chi connectivity index (χ3v) is 9.72. The molecule has 1 heteroatoms. The number of hydrogen-bond acceptors (Lipinski definition) is 1. The normalized spacial score (nSPS) is 43.4. The SMILES string of the molecule is C/C(=C\CCC(C)C)[C@H]1CC[C@H]2[C@@H]3CCC4=CC(=O)CC[C@]4(C)[C@H]3CC[C@]12C. The molecule has 4 rings (SSSR count). The molecule has 28 heavy (non-hydrogen) atoms. The lowest BCUT2D eigenvalue weighted by molar-refractivity contribution is -0.117. The zero-order chi connectivity index (χ0) is 20.1. The smallest absolute Gasteiger partial charge is 0.155 e. The highest BCUT2D eigenvalue weighted by atomic mass is 16.1. The molecule has 4 aliphatic rings. The van der Waals surface area contributed by atoms with Gasteiger partial charge in [-0.1, -0.05) is 44.9 Å². The second-order valence-electron chi connectivity index (χ2n) is 11.6. The Labute approximate surface area is 173 Å². The minimum atomic E-state index is 0.318. The molecular weight excluding hydrogens is 340 g/mol. The highest BCUT2D eigenvalue weighted by Crippen LogP contribution is 2.67. The zero-order valence-electron chi connectivity index (χ0n) is 19.0. The minimum absolute atomic E-state index is 0.318. The molecule has 6 atom stereocenters. The molecule has 0 N–H and O–H groups in total. The van der Waals surface area contributed by atoms with Crippen LogP contribution in [0.3, 0.4) is 0 Å². The summed E-state index contributed by atoms with van der Waals surface area (Å²) in [5.41, 5.74) is 4.03. The van der Waals surface area contributed by atoms with Gasteiger partial charge in [0.15, 0.2) is 5.78 Å². The number of fused-ring (bicyclic) bond motifs is 5. The van der Waals surface area contributed by atoms with Crippen LogP contribution in [0.4, 0.5) is 0 Å². The summed E-state index contributed by atoms with van der Waals surface area (Å²) in [5, 5.41) is 0. The summed E-state index contributed by atoms with van der Waals surface area (Å²) in [6, 6.07) is 0. The Morgan fingerprint density at radius 2 is 1.89 bits per heavy atom. The lowest BCUT2D eigenvalue weighted by Gasteiger charge is -2.58. The monoisotopic (exact) mass is 382 g/mol. The molecule has 3 saturated carbocycles. The molecule has 156 valence electrons. The number of carbonyl (C=O) groups is 1. The Morgan fingerprint density at radius 3 is 2.64 bits per heavy atom. The van der Waals surface area contributed by atoms with Gasteiger partial charge in [0.2, 0.25) is 0 Å². The van der Waals surface area contributed by atoms with E-state index in [1.807, 2.05) is 6.08 Å². The van der Waals surface area contributed by atoms with Gasteiger partial charge in [-0.15, -0.1) is 0 Å². The molecule has 0 radical (unpaired) electrons. The second-order valence-corrected chi connectivity index (χ2v) is 11.6. The van der Waals surface area contributed by atoms with E-state index in [1.165, 1.54) is 56.9 Å². The van der Waals surface area contributed by atoms with Gasteiger partial charge >= 0.3 is 0 Å². The summed E-state index contributed by atoms with van der Waals surface area (Å²) in [5.74, 6) is 4.61. The number of carbonyl (C=O) groups excluding carboxylic acids is 1. The maximum atomic E-state index is 12.0. The van der Waals surface area contributed by atoms with Crippen LogP contribution in [-0.4, -0.2) is 5.78 Å². The first-order valence-electron chi connectivity index (χ1n) is 12.2. The molecule has 0 aliphatic heterocycles. The molecule has 0 amide bonds. The fourth-order valence-electron chi connectivity index (χ4n) is 8.09. The predicted octanol–water partition coefficient (Wildman–Crippen LogP) is 7.52. The number of ketones is 1. The van der Waals surface area contributed by atoms with E-state index in [-0.39, 0.29) is 0 Å². The first-order valence-corrected chi connectivity index (χ1v) is 12.2. The summed E-state index contributed by atoms with van der Waals surface area (Å²) in [7, 11) is 0. The summed E-state index contributed by atoms with van der Waals surface area (Å²) in [6.45, 7) is 12.3. The van der Waals surface area contributed by atoms with Crippen molar-refractivity contribution in [3.8, 4) is 0 Å². The molecule has 0 aromatic carbocycles. The predicted molar refractivity (Wildman–Crippen MR) is 118 cm³/mol. The van der Waals surface area contributed by atoms with E-state index in [2.05, 4.69) is 40.7 Å². The lowest BCUT2D eigenvalue weighted by Crippen LogP contribution is -2.50. The van der Waals surface area contributed by atoms with Gasteiger partial charge < -0.3 is 0 Å². The highest BCUT2D eigenvalue weighted by Gasteiger charge is 2.58. The van der Waals surface area contributed by atoms with Gasteiger partial charge in [-0.25, -0.2) is 0 Å². The maximum absolute atomic E-state index is 12.0. The van der Waals surface area contributed by atoms with Crippen molar-refractivity contribution >= 4 is 5.78 Å². The first-order chi connectivity index (χ1) is 13.3. The van der Waals surface area contributed by atoms with Crippen LogP contribution >= 0.6 is 0 Å². The third-order valence-electron chi connectivity index (χ3n) is 9.72. The second kappa shape index (κ2) is 7.44. The van der Waals surface area contributed by atoms with Crippen molar-refractivity contribution in [3.63, 3.8) is 0 Å². The van der Waals surface area contributed by atoms with E-state index in [9.17, 15) is 4.79 Å². The van der Waals surface area contributed by atoms with Gasteiger partial charge in [-0.05, 0) is 111 Å². The molecule has 1 nitrogen and oxygen atoms in total. The van der Waals surface area contributed by atoms with E-state index >= 15 is 0 Å². The molecule has 0 saturated heterocycles. The van der Waals surface area contributed by atoms with Crippen LogP contribution in [0.1, 0.15) is 98.8 Å². The Hall–Kier alpha value is -0.850. The Balaban J connectivity index is 1.54. The summed E-state index contributed by atoms with van der Waals surface area (Å²) in [4.78, 5) is 12.0. The number of hydrogen-bond donors (Lipinski definition) is 0. The first kappa shape index (κ1) is 20.4. The molecule has 0 aromatic heterocycles. The molecular formula is C27H42O. The molecule has 0 aromatic rings. The lowest BCUT2D eigenvalue weighted by atomic mass is 9.46. The van der Waals surface area contributed by atoms with Gasteiger partial charge in [0.1, 0.15) is 0 Å². The van der Waals surface area contributed by atoms with Crippen molar-refractivity contribution in [3.05, 3.63) is 23.3 Å². The van der Waals surface area contributed by atoms with Crippen molar-refractivity contribution in [2.24, 2.45) is 40.4 Å². The van der Waals surface area contributed by atoms with Gasteiger partial charge in [-0.3, -0.25) is 4.79 Å². The van der Waals surface area contributed by atoms with E-state index in [4.69, 9.17) is 0 Å². The van der Waals surface area contributed by atoms with E-state index in [0.717, 1.165) is 42.4 Å². The van der Waals surface area contributed by atoms with Crippen LogP contribution in [0.25, 0.3) is 0 Å². The average molecular weight is 383 g/mol. The number of allylic oxidation sites excluding steroid dienone is 3. The minimum Gasteiger partial charge on any atom is -0.295 e. The summed E-state index contributed by atoms with van der Waals surface area (Å²) in [6.07, 6.45) is 17.3. The standard InChI is InChI=1S/C27H42O/c1-18(2)7-6-8-19(3)23-11-12-24-22-10-9-20-17-21(28)13-15-26(20,4)25(22)14-16-27(23,24)5/h8,17-18,22-25H,6-7,9-16H2,1-5H3/b19-8+/t22-,23+,24-,25-,26-,27+/m0/s1. The van der Waals surface area contributed by atoms with Crippen LogP contribution in [0.15, 0.2) is 23.3 Å². The number of rotatable bonds is 4. The van der Waals surface area contributed by atoms with Crippen molar-refractivity contribution in [1.82, 2.24) is 0 Å². The third kappa shape index (κ3) is 3.25. The van der Waals surface area contributed by atoms with Crippen LogP contribution < -0.4 is 0 Å². The fraction of sp³-hybridized carbons (Fsp3) is 0.815. The molecule has 4 aliphatic carbocycles. The Bertz CT molecular complexity index is 682. The van der Waals surface area contributed by atoms with E-state index < -0.39 is 0 Å². The van der Waals surface area contributed by atoms with Gasteiger partial charge in [0.25, 0.3) is 0 Å². The highest BCUT2D eigenvalue weighted by molar-refractivity contribution is 5.91. The van der Waals surface area contributed by atoms with Crippen molar-refractivity contribution in [2.45, 2.75) is 98.8 Å². The quantitative estimate of drug-likeness (QED) is 0.460. The largest absolute Gasteiger partial charge is 0.295 e. The van der Waals surface area contributed by atoms with Gasteiger partial charge in [-0.2, -0.15) is 0 Å².